The molecule has 3 rings (SSSR count). The molecule has 1 fully saturated rings. The topological polar surface area (TPSA) is 42.3 Å². The molecule has 1 aromatic carbocycles. The van der Waals surface area contributed by atoms with Crippen LogP contribution in [0.5, 0.6) is 0 Å². The van der Waals surface area contributed by atoms with Gasteiger partial charge in [-0.15, -0.1) is 0 Å². The fourth-order valence-electron chi connectivity index (χ4n) is 3.54. The van der Waals surface area contributed by atoms with Gasteiger partial charge in [-0.05, 0) is 37.4 Å². The van der Waals surface area contributed by atoms with Gasteiger partial charge in [0.2, 0.25) is 0 Å². The Hall–Kier alpha value is -1.85. The molecule has 0 aliphatic carbocycles. The molecule has 130 valence electrons. The van der Waals surface area contributed by atoms with Crippen molar-refractivity contribution in [2.24, 2.45) is 7.05 Å². The Morgan fingerprint density at radius 1 is 1.33 bits per heavy atom. The Morgan fingerprint density at radius 3 is 2.92 bits per heavy atom. The summed E-state index contributed by atoms with van der Waals surface area (Å²) >= 11 is 0. The Labute approximate surface area is 144 Å². The number of benzene rings is 1. The Balaban J connectivity index is 1.62. The number of rotatable bonds is 7. The standard InChI is InChI=1S/C19H28N4O/c1-15-11-21-22(2)19(15)20-12-16-6-4-7-17(10-16)13-23-9-5-8-18(23)14-24-3/h4,6-7,10-11,18,20H,5,8-9,12-14H2,1-3H3/t18-/m0/s1. The summed E-state index contributed by atoms with van der Waals surface area (Å²) in [6, 6.07) is 9.43. The molecule has 0 saturated carbocycles. The number of nitrogens with one attached hydrogen (secondary N) is 1. The van der Waals surface area contributed by atoms with E-state index < -0.39 is 0 Å². The van der Waals surface area contributed by atoms with Crippen LogP contribution in [0.25, 0.3) is 0 Å². The lowest BCUT2D eigenvalue weighted by molar-refractivity contribution is 0.112. The van der Waals surface area contributed by atoms with Crippen LogP contribution in [0.4, 0.5) is 5.82 Å². The van der Waals surface area contributed by atoms with E-state index >= 15 is 0 Å². The minimum atomic E-state index is 0.564. The SMILES string of the molecule is COC[C@@H]1CCCN1Cc1cccc(CNc2c(C)cnn2C)c1. The average molecular weight is 328 g/mol. The van der Waals surface area contributed by atoms with E-state index in [2.05, 4.69) is 46.5 Å². The average Bonchev–Trinajstić information content (AvgIpc) is 3.13. The van der Waals surface area contributed by atoms with Gasteiger partial charge in [-0.3, -0.25) is 9.58 Å². The molecule has 0 unspecified atom stereocenters. The molecule has 0 bridgehead atoms. The minimum Gasteiger partial charge on any atom is -0.383 e. The van der Waals surface area contributed by atoms with Gasteiger partial charge in [-0.1, -0.05) is 24.3 Å². The highest BCUT2D eigenvalue weighted by Gasteiger charge is 2.24. The van der Waals surface area contributed by atoms with Gasteiger partial charge in [-0.25, -0.2) is 0 Å². The maximum atomic E-state index is 5.36. The van der Waals surface area contributed by atoms with Gasteiger partial charge in [0.15, 0.2) is 0 Å². The van der Waals surface area contributed by atoms with E-state index in [-0.39, 0.29) is 0 Å². The van der Waals surface area contributed by atoms with Crippen molar-refractivity contribution < 1.29 is 4.74 Å². The molecule has 1 aromatic heterocycles. The zero-order valence-electron chi connectivity index (χ0n) is 15.0. The highest BCUT2D eigenvalue weighted by atomic mass is 16.5. The molecule has 1 aliphatic heterocycles. The number of aromatic nitrogens is 2. The quantitative estimate of drug-likeness (QED) is 0.848. The smallest absolute Gasteiger partial charge is 0.127 e. The molecule has 1 atom stereocenters. The van der Waals surface area contributed by atoms with E-state index in [0.29, 0.717) is 6.04 Å². The van der Waals surface area contributed by atoms with Crippen LogP contribution in [-0.2, 0) is 24.9 Å². The lowest BCUT2D eigenvalue weighted by Crippen LogP contribution is -2.32. The monoisotopic (exact) mass is 328 g/mol. The van der Waals surface area contributed by atoms with Crippen molar-refractivity contribution in [3.05, 3.63) is 47.2 Å². The molecule has 1 aliphatic rings. The molecule has 1 N–H and O–H groups in total. The molecule has 0 spiro atoms. The summed E-state index contributed by atoms with van der Waals surface area (Å²) in [6.45, 7) is 5.91. The first-order chi connectivity index (χ1) is 11.7. The molecule has 24 heavy (non-hydrogen) atoms. The number of aryl methyl sites for hydroxylation is 2. The summed E-state index contributed by atoms with van der Waals surface area (Å²) in [7, 11) is 3.76. The van der Waals surface area contributed by atoms with Gasteiger partial charge in [0, 0.05) is 38.9 Å². The van der Waals surface area contributed by atoms with Crippen molar-refractivity contribution in [3.8, 4) is 0 Å². The van der Waals surface area contributed by atoms with Gasteiger partial charge in [-0.2, -0.15) is 5.10 Å². The highest BCUT2D eigenvalue weighted by Crippen LogP contribution is 2.21. The zero-order chi connectivity index (χ0) is 16.9. The van der Waals surface area contributed by atoms with Gasteiger partial charge in [0.05, 0.1) is 12.8 Å². The van der Waals surface area contributed by atoms with Crippen LogP contribution in [0.15, 0.2) is 30.5 Å². The normalized spacial score (nSPS) is 18.2. The van der Waals surface area contributed by atoms with Crippen molar-refractivity contribution >= 4 is 5.82 Å². The lowest BCUT2D eigenvalue weighted by Gasteiger charge is -2.24. The van der Waals surface area contributed by atoms with Gasteiger partial charge < -0.3 is 10.1 Å². The summed E-state index contributed by atoms with van der Waals surface area (Å²) in [5.74, 6) is 1.08. The Kier molecular flexibility index (Phi) is 5.53. The minimum absolute atomic E-state index is 0.564. The summed E-state index contributed by atoms with van der Waals surface area (Å²) in [4.78, 5) is 2.54. The highest BCUT2D eigenvalue weighted by molar-refractivity contribution is 5.43. The third kappa shape index (κ3) is 3.97. The maximum Gasteiger partial charge on any atom is 0.127 e. The fraction of sp³-hybridized carbons (Fsp3) is 0.526. The number of ether oxygens (including phenoxy) is 1. The number of nitrogens with zero attached hydrogens (tertiary/aromatic N) is 3. The number of likely N-dealkylation sites (tertiary alicyclic amines) is 1. The van der Waals surface area contributed by atoms with Crippen LogP contribution in [0.3, 0.4) is 0 Å². The van der Waals surface area contributed by atoms with Crippen molar-refractivity contribution in [2.75, 3.05) is 25.6 Å². The molecule has 5 nitrogen and oxygen atoms in total. The van der Waals surface area contributed by atoms with Crippen molar-refractivity contribution in [3.63, 3.8) is 0 Å². The van der Waals surface area contributed by atoms with Crippen LogP contribution >= 0.6 is 0 Å². The second-order valence-electron chi connectivity index (χ2n) is 6.70. The largest absolute Gasteiger partial charge is 0.383 e. The van der Waals surface area contributed by atoms with Crippen molar-refractivity contribution in [1.29, 1.82) is 0 Å². The van der Waals surface area contributed by atoms with Crippen LogP contribution < -0.4 is 5.32 Å². The van der Waals surface area contributed by atoms with E-state index in [1.54, 1.807) is 7.11 Å². The van der Waals surface area contributed by atoms with E-state index in [1.807, 2.05) is 17.9 Å². The van der Waals surface area contributed by atoms with Crippen LogP contribution in [0.2, 0.25) is 0 Å². The summed E-state index contributed by atoms with van der Waals surface area (Å²) in [5.41, 5.74) is 3.85. The molecule has 0 radical (unpaired) electrons. The second kappa shape index (κ2) is 7.81. The Bertz CT molecular complexity index is 648. The fourth-order valence-corrected chi connectivity index (χ4v) is 3.54. The molecule has 2 heterocycles. The van der Waals surface area contributed by atoms with Crippen LogP contribution in [0, 0.1) is 6.92 Å². The Morgan fingerprint density at radius 2 is 2.17 bits per heavy atom. The summed E-state index contributed by atoms with van der Waals surface area (Å²) < 4.78 is 7.25. The van der Waals surface area contributed by atoms with Gasteiger partial charge in [0.25, 0.3) is 0 Å². The first kappa shape index (κ1) is 17.0. The molecular weight excluding hydrogens is 300 g/mol. The number of hydrogen-bond acceptors (Lipinski definition) is 4. The molecule has 5 heteroatoms. The van der Waals surface area contributed by atoms with E-state index in [0.717, 1.165) is 25.5 Å². The zero-order valence-corrected chi connectivity index (χ0v) is 15.0. The number of anilines is 1. The van der Waals surface area contributed by atoms with E-state index in [1.165, 1.54) is 36.1 Å². The first-order valence-corrected chi connectivity index (χ1v) is 8.70. The summed E-state index contributed by atoms with van der Waals surface area (Å²) in [6.07, 6.45) is 4.41. The predicted molar refractivity (Wildman–Crippen MR) is 97.0 cm³/mol. The third-order valence-electron chi connectivity index (χ3n) is 4.82. The first-order valence-electron chi connectivity index (χ1n) is 8.70. The number of methoxy groups -OCH3 is 1. The van der Waals surface area contributed by atoms with Crippen LogP contribution in [-0.4, -0.2) is 41.0 Å². The molecular formula is C19H28N4O. The number of hydrogen-bond donors (Lipinski definition) is 1. The van der Waals surface area contributed by atoms with Gasteiger partial charge in [0.1, 0.15) is 5.82 Å². The van der Waals surface area contributed by atoms with Gasteiger partial charge >= 0.3 is 0 Å². The van der Waals surface area contributed by atoms with E-state index in [9.17, 15) is 0 Å². The third-order valence-corrected chi connectivity index (χ3v) is 4.82. The summed E-state index contributed by atoms with van der Waals surface area (Å²) in [5, 5.41) is 7.77. The molecule has 1 saturated heterocycles. The molecule has 0 amide bonds. The second-order valence-corrected chi connectivity index (χ2v) is 6.70. The maximum absolute atomic E-state index is 5.36. The van der Waals surface area contributed by atoms with Crippen molar-refractivity contribution in [2.45, 2.75) is 38.9 Å². The van der Waals surface area contributed by atoms with E-state index in [4.69, 9.17) is 4.74 Å². The van der Waals surface area contributed by atoms with Crippen molar-refractivity contribution in [1.82, 2.24) is 14.7 Å². The van der Waals surface area contributed by atoms with Crippen LogP contribution in [0.1, 0.15) is 29.5 Å². The predicted octanol–water partition coefficient (Wildman–Crippen LogP) is 2.95. The molecule has 2 aromatic rings. The lowest BCUT2D eigenvalue weighted by atomic mass is 10.1.